The topological polar surface area (TPSA) is 63.8 Å². The molecule has 86 valence electrons. The minimum Gasteiger partial charge on any atom is -0.394 e. The molecule has 0 aliphatic rings. The van der Waals surface area contributed by atoms with Crippen LogP contribution >= 0.6 is 11.8 Å². The first-order valence-electron chi connectivity index (χ1n) is 5.03. The zero-order valence-electron chi connectivity index (χ0n) is 9.47. The van der Waals surface area contributed by atoms with Crippen LogP contribution < -0.4 is 0 Å². The van der Waals surface area contributed by atoms with Crippen LogP contribution in [0.25, 0.3) is 0 Å². The van der Waals surface area contributed by atoms with Crippen molar-refractivity contribution in [3.63, 3.8) is 0 Å². The summed E-state index contributed by atoms with van der Waals surface area (Å²) in [6.07, 6.45) is 1.11. The Bertz CT molecular complexity index is 295. The molecule has 1 aromatic rings. The van der Waals surface area contributed by atoms with Crippen LogP contribution in [0.2, 0.25) is 0 Å². The molecule has 0 saturated heterocycles. The van der Waals surface area contributed by atoms with E-state index in [1.165, 1.54) is 0 Å². The highest BCUT2D eigenvalue weighted by Gasteiger charge is 2.12. The molecule has 0 fully saturated rings. The summed E-state index contributed by atoms with van der Waals surface area (Å²) in [6, 6.07) is 0. The van der Waals surface area contributed by atoms with Crippen LogP contribution in [0, 0.1) is 5.41 Å². The van der Waals surface area contributed by atoms with E-state index in [9.17, 15) is 0 Å². The zero-order chi connectivity index (χ0) is 11.3. The average molecular weight is 230 g/mol. The fourth-order valence-electron chi connectivity index (χ4n) is 0.983. The summed E-state index contributed by atoms with van der Waals surface area (Å²) in [5.74, 6) is 0.995. The fourth-order valence-corrected chi connectivity index (χ4v) is 2.25. The molecule has 0 unspecified atom stereocenters. The molecule has 1 N–H and O–H groups in total. The summed E-state index contributed by atoms with van der Waals surface area (Å²) in [7, 11) is 0. The van der Waals surface area contributed by atoms with Crippen LogP contribution in [0.4, 0.5) is 0 Å². The van der Waals surface area contributed by atoms with E-state index in [2.05, 4.69) is 36.3 Å². The molecule has 0 spiro atoms. The molecule has 1 rings (SSSR count). The van der Waals surface area contributed by atoms with Crippen molar-refractivity contribution in [1.29, 1.82) is 0 Å². The van der Waals surface area contributed by atoms with E-state index in [4.69, 9.17) is 5.11 Å². The Hall–Kier alpha value is -0.620. The van der Waals surface area contributed by atoms with E-state index in [-0.39, 0.29) is 6.61 Å². The molecule has 0 aliphatic heterocycles. The molecule has 0 radical (unpaired) electrons. The quantitative estimate of drug-likeness (QED) is 0.770. The van der Waals surface area contributed by atoms with E-state index in [1.807, 2.05) is 0 Å². The summed E-state index contributed by atoms with van der Waals surface area (Å²) < 4.78 is 1.63. The van der Waals surface area contributed by atoms with Crippen molar-refractivity contribution in [2.45, 2.75) is 38.9 Å². The molecule has 5 nitrogen and oxygen atoms in total. The number of aliphatic hydroxyl groups is 1. The Labute approximate surface area is 94.3 Å². The van der Waals surface area contributed by atoms with Crippen LogP contribution in [-0.2, 0) is 6.54 Å². The lowest BCUT2D eigenvalue weighted by Gasteiger charge is -2.16. The molecule has 0 saturated carbocycles. The number of aromatic nitrogens is 4. The second-order valence-electron chi connectivity index (χ2n) is 4.57. The van der Waals surface area contributed by atoms with Gasteiger partial charge in [-0.3, -0.25) is 0 Å². The van der Waals surface area contributed by atoms with E-state index in [1.54, 1.807) is 16.4 Å². The normalized spacial score (nSPS) is 12.0. The van der Waals surface area contributed by atoms with Crippen molar-refractivity contribution in [3.8, 4) is 0 Å². The number of thioether (sulfide) groups is 1. The number of rotatable bonds is 5. The second kappa shape index (κ2) is 5.46. The van der Waals surface area contributed by atoms with Crippen LogP contribution in [0.1, 0.15) is 27.2 Å². The van der Waals surface area contributed by atoms with E-state index < -0.39 is 0 Å². The third kappa shape index (κ3) is 4.61. The van der Waals surface area contributed by atoms with E-state index >= 15 is 0 Å². The van der Waals surface area contributed by atoms with Crippen LogP contribution in [0.3, 0.4) is 0 Å². The van der Waals surface area contributed by atoms with Crippen molar-refractivity contribution in [1.82, 2.24) is 20.2 Å². The highest BCUT2D eigenvalue weighted by molar-refractivity contribution is 7.99. The van der Waals surface area contributed by atoms with Crippen molar-refractivity contribution in [2.75, 3.05) is 12.4 Å². The lowest BCUT2D eigenvalue weighted by atomic mass is 9.94. The Balaban J connectivity index is 2.40. The summed E-state index contributed by atoms with van der Waals surface area (Å²) in [5, 5.41) is 20.9. The second-order valence-corrected chi connectivity index (χ2v) is 5.63. The van der Waals surface area contributed by atoms with Crippen LogP contribution in [0.5, 0.6) is 0 Å². The summed E-state index contributed by atoms with van der Waals surface area (Å²) >= 11 is 1.64. The molecule has 0 aliphatic carbocycles. The van der Waals surface area contributed by atoms with Gasteiger partial charge in [0.05, 0.1) is 13.2 Å². The average Bonchev–Trinajstić information content (AvgIpc) is 2.51. The smallest absolute Gasteiger partial charge is 0.209 e. The molecule has 0 amide bonds. The van der Waals surface area contributed by atoms with Gasteiger partial charge in [-0.25, -0.2) is 4.68 Å². The maximum atomic E-state index is 8.79. The summed E-state index contributed by atoms with van der Waals surface area (Å²) in [5.41, 5.74) is 0.336. The minimum absolute atomic E-state index is 0.0673. The first kappa shape index (κ1) is 12.4. The maximum absolute atomic E-state index is 8.79. The Morgan fingerprint density at radius 3 is 2.73 bits per heavy atom. The number of aliphatic hydroxyl groups excluding tert-OH is 1. The monoisotopic (exact) mass is 230 g/mol. The van der Waals surface area contributed by atoms with Crippen molar-refractivity contribution in [2.24, 2.45) is 5.41 Å². The Kier molecular flexibility index (Phi) is 4.53. The number of hydrogen-bond acceptors (Lipinski definition) is 5. The van der Waals surface area contributed by atoms with Crippen LogP contribution in [-0.4, -0.2) is 37.7 Å². The largest absolute Gasteiger partial charge is 0.394 e. The molecule has 0 aromatic carbocycles. The predicted molar refractivity (Wildman–Crippen MR) is 59.7 cm³/mol. The van der Waals surface area contributed by atoms with Gasteiger partial charge in [0.2, 0.25) is 5.16 Å². The Morgan fingerprint density at radius 2 is 2.13 bits per heavy atom. The lowest BCUT2D eigenvalue weighted by Crippen LogP contribution is -2.08. The van der Waals surface area contributed by atoms with Gasteiger partial charge >= 0.3 is 0 Å². The molecule has 0 bridgehead atoms. The van der Waals surface area contributed by atoms with Crippen molar-refractivity contribution >= 4 is 11.8 Å². The molecule has 6 heteroatoms. The number of hydrogen-bond donors (Lipinski definition) is 1. The summed E-state index contributed by atoms with van der Waals surface area (Å²) in [4.78, 5) is 0. The standard InChI is InChI=1S/C9H18N4OS/c1-9(2,3)4-7-15-8-10-11-12-13(8)5-6-14/h14H,4-7H2,1-3H3. The van der Waals surface area contributed by atoms with Gasteiger partial charge in [-0.15, -0.1) is 5.10 Å². The molecule has 0 atom stereocenters. The van der Waals surface area contributed by atoms with Gasteiger partial charge < -0.3 is 5.11 Å². The highest BCUT2D eigenvalue weighted by Crippen LogP contribution is 2.24. The van der Waals surface area contributed by atoms with Gasteiger partial charge in [0.1, 0.15) is 0 Å². The van der Waals surface area contributed by atoms with Gasteiger partial charge in [0.25, 0.3) is 0 Å². The lowest BCUT2D eigenvalue weighted by molar-refractivity contribution is 0.262. The highest BCUT2D eigenvalue weighted by atomic mass is 32.2. The van der Waals surface area contributed by atoms with Gasteiger partial charge in [-0.1, -0.05) is 32.5 Å². The Morgan fingerprint density at radius 1 is 1.40 bits per heavy atom. The predicted octanol–water partition coefficient (Wildman–Crippen LogP) is 1.19. The van der Waals surface area contributed by atoms with Gasteiger partial charge in [0.15, 0.2) is 0 Å². The first-order chi connectivity index (χ1) is 7.03. The maximum Gasteiger partial charge on any atom is 0.209 e. The molecule has 1 heterocycles. The van der Waals surface area contributed by atoms with E-state index in [0.717, 1.165) is 17.3 Å². The van der Waals surface area contributed by atoms with Crippen LogP contribution in [0.15, 0.2) is 5.16 Å². The number of nitrogens with zero attached hydrogens (tertiary/aromatic N) is 4. The molecular weight excluding hydrogens is 212 g/mol. The molecule has 15 heavy (non-hydrogen) atoms. The van der Waals surface area contributed by atoms with E-state index in [0.29, 0.717) is 12.0 Å². The molecule has 1 aromatic heterocycles. The van der Waals surface area contributed by atoms with Crippen molar-refractivity contribution in [3.05, 3.63) is 0 Å². The molecular formula is C9H18N4OS. The summed E-state index contributed by atoms with van der Waals surface area (Å²) in [6.45, 7) is 7.17. The third-order valence-electron chi connectivity index (χ3n) is 1.89. The van der Waals surface area contributed by atoms with Gasteiger partial charge in [0, 0.05) is 5.75 Å². The fraction of sp³-hybridized carbons (Fsp3) is 0.889. The first-order valence-corrected chi connectivity index (χ1v) is 6.01. The van der Waals surface area contributed by atoms with Gasteiger partial charge in [-0.2, -0.15) is 0 Å². The SMILES string of the molecule is CC(C)(C)CCSc1nnnn1CCO. The van der Waals surface area contributed by atoms with Crippen molar-refractivity contribution < 1.29 is 5.11 Å². The zero-order valence-corrected chi connectivity index (χ0v) is 10.3. The number of tetrazole rings is 1. The third-order valence-corrected chi connectivity index (χ3v) is 2.85. The minimum atomic E-state index is 0.0673. The van der Waals surface area contributed by atoms with Gasteiger partial charge in [-0.05, 0) is 22.3 Å².